The van der Waals surface area contributed by atoms with Gasteiger partial charge in [-0.15, -0.1) is 0 Å². The van der Waals surface area contributed by atoms with Crippen LogP contribution < -0.4 is 10.1 Å². The normalized spacial score (nSPS) is 18.4. The van der Waals surface area contributed by atoms with Gasteiger partial charge in [0, 0.05) is 39.1 Å². The van der Waals surface area contributed by atoms with Crippen molar-refractivity contribution in [2.24, 2.45) is 5.92 Å². The van der Waals surface area contributed by atoms with Crippen molar-refractivity contribution in [3.05, 3.63) is 65.7 Å². The Bertz CT molecular complexity index is 843. The number of likely N-dealkylation sites (tertiary alicyclic amines) is 1. The van der Waals surface area contributed by atoms with Crippen molar-refractivity contribution in [2.75, 3.05) is 33.8 Å². The van der Waals surface area contributed by atoms with Crippen molar-refractivity contribution in [3.8, 4) is 5.75 Å². The maximum atomic E-state index is 13.4. The van der Waals surface area contributed by atoms with Crippen LogP contribution in [-0.4, -0.2) is 54.6 Å². The minimum absolute atomic E-state index is 0.0624. The molecular weight excluding hydrogens is 382 g/mol. The van der Waals surface area contributed by atoms with Crippen LogP contribution in [0.2, 0.25) is 0 Å². The lowest BCUT2D eigenvalue weighted by molar-refractivity contribution is -0.134. The molecule has 0 aromatic heterocycles. The number of carbonyl (C=O) groups excluding carboxylic acids is 1. The lowest BCUT2D eigenvalue weighted by Gasteiger charge is -2.25. The van der Waals surface area contributed by atoms with Crippen LogP contribution in [0.4, 0.5) is 0 Å². The molecule has 0 spiro atoms. The van der Waals surface area contributed by atoms with Crippen LogP contribution >= 0.6 is 12.2 Å². The lowest BCUT2D eigenvalue weighted by atomic mass is 9.88. The van der Waals surface area contributed by atoms with E-state index in [2.05, 4.69) is 16.3 Å². The fourth-order valence-corrected chi connectivity index (χ4v) is 4.20. The largest absolute Gasteiger partial charge is 0.497 e. The van der Waals surface area contributed by atoms with Crippen molar-refractivity contribution in [2.45, 2.75) is 19.4 Å². The first-order valence-corrected chi connectivity index (χ1v) is 10.4. The molecule has 6 heteroatoms. The summed E-state index contributed by atoms with van der Waals surface area (Å²) in [5, 5.41) is 3.93. The molecule has 2 aromatic carbocycles. The summed E-state index contributed by atoms with van der Waals surface area (Å²) in [6.45, 7) is 4.72. The molecule has 1 aliphatic heterocycles. The van der Waals surface area contributed by atoms with Gasteiger partial charge in [-0.25, -0.2) is 0 Å². The molecule has 0 aliphatic carbocycles. The maximum Gasteiger partial charge on any atom is 0.228 e. The molecule has 2 atom stereocenters. The van der Waals surface area contributed by atoms with E-state index < -0.39 is 0 Å². The Labute approximate surface area is 178 Å². The number of amides is 1. The number of ether oxygens (including phenoxy) is 1. The summed E-state index contributed by atoms with van der Waals surface area (Å²) in [7, 11) is 3.54. The first kappa shape index (κ1) is 21.1. The zero-order chi connectivity index (χ0) is 20.8. The number of rotatable bonds is 6. The molecular formula is C23H29N3O2S. The second-order valence-corrected chi connectivity index (χ2v) is 7.80. The quantitative estimate of drug-likeness (QED) is 0.740. The Balaban J connectivity index is 1.83. The Morgan fingerprint density at radius 1 is 1.21 bits per heavy atom. The standard InChI is InChI=1S/C23H29N3O2S/c1-4-24-23(29)26-15-20(18-11-8-12-19(13-18)28-3)21(16-26)22(27)25(2)14-17-9-6-5-7-10-17/h5-13,20-21H,4,14-16H2,1-3H3,(H,24,29). The Hall–Kier alpha value is -2.60. The topological polar surface area (TPSA) is 44.8 Å². The summed E-state index contributed by atoms with van der Waals surface area (Å²) >= 11 is 5.54. The zero-order valence-corrected chi connectivity index (χ0v) is 18.1. The smallest absolute Gasteiger partial charge is 0.228 e. The summed E-state index contributed by atoms with van der Waals surface area (Å²) in [5.74, 6) is 0.849. The first-order chi connectivity index (χ1) is 14.0. The molecule has 1 N–H and O–H groups in total. The maximum absolute atomic E-state index is 13.4. The van der Waals surface area contributed by atoms with Gasteiger partial charge in [0.1, 0.15) is 5.75 Å². The molecule has 2 unspecified atom stereocenters. The highest BCUT2D eigenvalue weighted by Crippen LogP contribution is 2.35. The highest BCUT2D eigenvalue weighted by Gasteiger charge is 2.40. The summed E-state index contributed by atoms with van der Waals surface area (Å²) in [6, 6.07) is 18.1. The molecule has 29 heavy (non-hydrogen) atoms. The van der Waals surface area contributed by atoms with Gasteiger partial charge in [-0.2, -0.15) is 0 Å². The minimum Gasteiger partial charge on any atom is -0.497 e. The van der Waals surface area contributed by atoms with Gasteiger partial charge in [0.15, 0.2) is 5.11 Å². The van der Waals surface area contributed by atoms with E-state index in [1.165, 1.54) is 0 Å². The lowest BCUT2D eigenvalue weighted by Crippen LogP contribution is -2.40. The molecule has 3 rings (SSSR count). The Kier molecular flexibility index (Phi) is 7.09. The van der Waals surface area contributed by atoms with E-state index in [0.717, 1.165) is 23.4 Å². The van der Waals surface area contributed by atoms with Crippen LogP contribution in [0.25, 0.3) is 0 Å². The fourth-order valence-electron chi connectivity index (χ4n) is 3.91. The zero-order valence-electron chi connectivity index (χ0n) is 17.3. The molecule has 1 fully saturated rings. The summed E-state index contributed by atoms with van der Waals surface area (Å²) in [4.78, 5) is 17.4. The molecule has 2 aromatic rings. The van der Waals surface area contributed by atoms with Gasteiger partial charge in [-0.05, 0) is 42.4 Å². The van der Waals surface area contributed by atoms with Crippen LogP contribution in [0.1, 0.15) is 24.0 Å². The Morgan fingerprint density at radius 2 is 1.97 bits per heavy atom. The molecule has 1 amide bonds. The fraction of sp³-hybridized carbons (Fsp3) is 0.391. The number of nitrogens with zero attached hydrogens (tertiary/aromatic N) is 2. The average molecular weight is 412 g/mol. The van der Waals surface area contributed by atoms with E-state index in [0.29, 0.717) is 24.7 Å². The van der Waals surface area contributed by atoms with Crippen LogP contribution in [-0.2, 0) is 11.3 Å². The third-order valence-corrected chi connectivity index (χ3v) is 5.82. The predicted molar refractivity (Wildman–Crippen MR) is 120 cm³/mol. The van der Waals surface area contributed by atoms with E-state index >= 15 is 0 Å². The van der Waals surface area contributed by atoms with E-state index in [9.17, 15) is 4.79 Å². The number of nitrogens with one attached hydrogen (secondary N) is 1. The van der Waals surface area contributed by atoms with Crippen molar-refractivity contribution >= 4 is 23.2 Å². The van der Waals surface area contributed by atoms with Crippen LogP contribution in [0.15, 0.2) is 54.6 Å². The van der Waals surface area contributed by atoms with Gasteiger partial charge >= 0.3 is 0 Å². The van der Waals surface area contributed by atoms with E-state index in [1.807, 2.05) is 67.4 Å². The van der Waals surface area contributed by atoms with Gasteiger partial charge in [0.2, 0.25) is 5.91 Å². The van der Waals surface area contributed by atoms with E-state index in [-0.39, 0.29) is 17.7 Å². The molecule has 1 saturated heterocycles. The van der Waals surface area contributed by atoms with Gasteiger partial charge in [0.25, 0.3) is 0 Å². The van der Waals surface area contributed by atoms with Gasteiger partial charge in [0.05, 0.1) is 13.0 Å². The summed E-state index contributed by atoms with van der Waals surface area (Å²) in [5.41, 5.74) is 2.23. The number of methoxy groups -OCH3 is 1. The second-order valence-electron chi connectivity index (χ2n) is 7.41. The highest BCUT2D eigenvalue weighted by molar-refractivity contribution is 7.80. The molecule has 0 saturated carbocycles. The van der Waals surface area contributed by atoms with Crippen LogP contribution in [0.5, 0.6) is 5.75 Å². The van der Waals surface area contributed by atoms with Crippen molar-refractivity contribution in [1.82, 2.24) is 15.1 Å². The third-order valence-electron chi connectivity index (χ3n) is 5.41. The monoisotopic (exact) mass is 411 g/mol. The molecule has 0 bridgehead atoms. The molecule has 154 valence electrons. The summed E-state index contributed by atoms with van der Waals surface area (Å²) < 4.78 is 5.40. The molecule has 1 heterocycles. The number of thiocarbonyl (C=S) groups is 1. The van der Waals surface area contributed by atoms with Gasteiger partial charge < -0.3 is 19.9 Å². The molecule has 0 radical (unpaired) electrons. The van der Waals surface area contributed by atoms with E-state index in [4.69, 9.17) is 17.0 Å². The predicted octanol–water partition coefficient (Wildman–Crippen LogP) is 3.26. The number of carbonyl (C=O) groups is 1. The number of hydrogen-bond acceptors (Lipinski definition) is 3. The van der Waals surface area contributed by atoms with Crippen molar-refractivity contribution in [3.63, 3.8) is 0 Å². The molecule has 5 nitrogen and oxygen atoms in total. The number of benzene rings is 2. The van der Waals surface area contributed by atoms with Crippen molar-refractivity contribution < 1.29 is 9.53 Å². The number of hydrogen-bond donors (Lipinski definition) is 1. The third kappa shape index (κ3) is 5.07. The summed E-state index contributed by atoms with van der Waals surface area (Å²) in [6.07, 6.45) is 0. The first-order valence-electron chi connectivity index (χ1n) is 9.99. The molecule has 1 aliphatic rings. The average Bonchev–Trinajstić information content (AvgIpc) is 3.19. The van der Waals surface area contributed by atoms with Gasteiger partial charge in [-0.1, -0.05) is 42.5 Å². The van der Waals surface area contributed by atoms with Crippen molar-refractivity contribution in [1.29, 1.82) is 0 Å². The second kappa shape index (κ2) is 9.74. The Morgan fingerprint density at radius 3 is 2.66 bits per heavy atom. The SMILES string of the molecule is CCNC(=S)N1CC(C(=O)N(C)Cc2ccccc2)C(c2cccc(OC)c2)C1. The van der Waals surface area contributed by atoms with Crippen LogP contribution in [0.3, 0.4) is 0 Å². The van der Waals surface area contributed by atoms with E-state index in [1.54, 1.807) is 7.11 Å². The minimum atomic E-state index is -0.160. The van der Waals surface area contributed by atoms with Crippen LogP contribution in [0, 0.1) is 5.92 Å². The highest BCUT2D eigenvalue weighted by atomic mass is 32.1. The van der Waals surface area contributed by atoms with Gasteiger partial charge in [-0.3, -0.25) is 4.79 Å².